The van der Waals surface area contributed by atoms with Gasteiger partial charge >= 0.3 is 0 Å². The lowest BCUT2D eigenvalue weighted by atomic mass is 9.99. The minimum absolute atomic E-state index is 0.146. The molecule has 16 heavy (non-hydrogen) atoms. The van der Waals surface area contributed by atoms with E-state index < -0.39 is 0 Å². The molecule has 0 amide bonds. The smallest absolute Gasteiger partial charge is 0.122 e. The van der Waals surface area contributed by atoms with Gasteiger partial charge in [0, 0.05) is 16.1 Å². The third-order valence-electron chi connectivity index (χ3n) is 3.12. The summed E-state index contributed by atoms with van der Waals surface area (Å²) in [5.74, 6) is 1.01. The summed E-state index contributed by atoms with van der Waals surface area (Å²) in [6.07, 6.45) is 4.56. The van der Waals surface area contributed by atoms with Crippen molar-refractivity contribution < 1.29 is 4.74 Å². The van der Waals surface area contributed by atoms with Crippen LogP contribution in [0.1, 0.15) is 43.4 Å². The summed E-state index contributed by atoms with van der Waals surface area (Å²) in [7, 11) is 0. The van der Waals surface area contributed by atoms with Crippen molar-refractivity contribution in [1.29, 1.82) is 0 Å². The average Bonchev–Trinajstić information content (AvgIpc) is 2.46. The van der Waals surface area contributed by atoms with Gasteiger partial charge in [0.2, 0.25) is 0 Å². The van der Waals surface area contributed by atoms with Crippen molar-refractivity contribution in [3.8, 4) is 5.75 Å². The van der Waals surface area contributed by atoms with E-state index in [2.05, 4.69) is 22.0 Å². The van der Waals surface area contributed by atoms with Crippen LogP contribution in [-0.2, 0) is 6.42 Å². The molecule has 1 atom stereocenters. The zero-order chi connectivity index (χ0) is 11.5. The molecule has 0 radical (unpaired) electrons. The lowest BCUT2D eigenvalue weighted by molar-refractivity contribution is 0.336. The highest BCUT2D eigenvalue weighted by atomic mass is 79.9. The van der Waals surface area contributed by atoms with Crippen LogP contribution in [0.4, 0.5) is 0 Å². The Labute approximate surface area is 105 Å². The molecule has 0 heterocycles. The van der Waals surface area contributed by atoms with Gasteiger partial charge in [0.15, 0.2) is 0 Å². The molecule has 2 nitrogen and oxygen atoms in total. The second kappa shape index (κ2) is 5.19. The first kappa shape index (κ1) is 11.9. The van der Waals surface area contributed by atoms with E-state index in [0.717, 1.165) is 23.1 Å². The number of fused-ring (bicyclic) bond motifs is 1. The predicted molar refractivity (Wildman–Crippen MR) is 69.8 cm³/mol. The molecule has 0 fully saturated rings. The Morgan fingerprint density at radius 2 is 2.25 bits per heavy atom. The van der Waals surface area contributed by atoms with Crippen LogP contribution < -0.4 is 10.5 Å². The first-order chi connectivity index (χ1) is 7.74. The Morgan fingerprint density at radius 3 is 3.00 bits per heavy atom. The maximum atomic E-state index is 6.23. The SMILES string of the molecule is CCOc1ccc(Br)c2c1CCCC[C@@H]2N. The molecule has 1 aromatic carbocycles. The molecule has 0 unspecified atom stereocenters. The number of hydrogen-bond acceptors (Lipinski definition) is 2. The van der Waals surface area contributed by atoms with Crippen molar-refractivity contribution in [1.82, 2.24) is 0 Å². The van der Waals surface area contributed by atoms with Crippen molar-refractivity contribution in [3.05, 3.63) is 27.7 Å². The zero-order valence-electron chi connectivity index (χ0n) is 9.63. The topological polar surface area (TPSA) is 35.2 Å². The van der Waals surface area contributed by atoms with Gasteiger partial charge in [-0.25, -0.2) is 0 Å². The molecular formula is C13H18BrNO. The van der Waals surface area contributed by atoms with Gasteiger partial charge in [0.1, 0.15) is 5.75 Å². The third kappa shape index (κ3) is 2.25. The van der Waals surface area contributed by atoms with Crippen molar-refractivity contribution in [2.45, 2.75) is 38.6 Å². The van der Waals surface area contributed by atoms with Gasteiger partial charge in [-0.2, -0.15) is 0 Å². The molecule has 0 saturated heterocycles. The Kier molecular flexibility index (Phi) is 3.87. The summed E-state index contributed by atoms with van der Waals surface area (Å²) in [5, 5.41) is 0. The van der Waals surface area contributed by atoms with Crippen LogP contribution in [-0.4, -0.2) is 6.61 Å². The van der Waals surface area contributed by atoms with Crippen LogP contribution in [0.15, 0.2) is 16.6 Å². The van der Waals surface area contributed by atoms with Crippen LogP contribution in [0.3, 0.4) is 0 Å². The summed E-state index contributed by atoms with van der Waals surface area (Å²) in [6.45, 7) is 2.73. The second-order valence-electron chi connectivity index (χ2n) is 4.22. The zero-order valence-corrected chi connectivity index (χ0v) is 11.2. The highest BCUT2D eigenvalue weighted by molar-refractivity contribution is 9.10. The summed E-state index contributed by atoms with van der Waals surface area (Å²) in [6, 6.07) is 4.24. The fourth-order valence-corrected chi connectivity index (χ4v) is 3.04. The first-order valence-electron chi connectivity index (χ1n) is 5.93. The molecule has 1 aliphatic carbocycles. The van der Waals surface area contributed by atoms with Crippen molar-refractivity contribution in [2.75, 3.05) is 6.61 Å². The van der Waals surface area contributed by atoms with Gasteiger partial charge in [0.05, 0.1) is 6.61 Å². The molecule has 0 saturated carbocycles. The van der Waals surface area contributed by atoms with E-state index in [1.165, 1.54) is 24.0 Å². The number of ether oxygens (including phenoxy) is 1. The normalized spacial score (nSPS) is 20.1. The van der Waals surface area contributed by atoms with Crippen LogP contribution in [0, 0.1) is 0 Å². The Bertz CT molecular complexity index is 378. The fourth-order valence-electron chi connectivity index (χ4n) is 2.38. The fraction of sp³-hybridized carbons (Fsp3) is 0.538. The summed E-state index contributed by atoms with van der Waals surface area (Å²) in [4.78, 5) is 0. The average molecular weight is 284 g/mol. The monoisotopic (exact) mass is 283 g/mol. The van der Waals surface area contributed by atoms with E-state index in [-0.39, 0.29) is 6.04 Å². The van der Waals surface area contributed by atoms with Crippen molar-refractivity contribution in [3.63, 3.8) is 0 Å². The third-order valence-corrected chi connectivity index (χ3v) is 3.81. The van der Waals surface area contributed by atoms with Crippen LogP contribution in [0.5, 0.6) is 5.75 Å². The van der Waals surface area contributed by atoms with Crippen LogP contribution >= 0.6 is 15.9 Å². The quantitative estimate of drug-likeness (QED) is 0.842. The van der Waals surface area contributed by atoms with Gasteiger partial charge < -0.3 is 10.5 Å². The lowest BCUT2D eigenvalue weighted by Gasteiger charge is -2.18. The van der Waals surface area contributed by atoms with E-state index in [4.69, 9.17) is 10.5 Å². The molecular weight excluding hydrogens is 266 g/mol. The van der Waals surface area contributed by atoms with Gasteiger partial charge in [-0.05, 0) is 43.9 Å². The Balaban J connectivity index is 2.48. The molecule has 88 valence electrons. The van der Waals surface area contributed by atoms with Gasteiger partial charge in [0.25, 0.3) is 0 Å². The summed E-state index contributed by atoms with van der Waals surface area (Å²) >= 11 is 3.61. The van der Waals surface area contributed by atoms with Gasteiger partial charge in [-0.15, -0.1) is 0 Å². The number of halogens is 1. The van der Waals surface area contributed by atoms with E-state index in [1.54, 1.807) is 0 Å². The number of nitrogens with two attached hydrogens (primary N) is 1. The van der Waals surface area contributed by atoms with E-state index in [1.807, 2.05) is 13.0 Å². The Morgan fingerprint density at radius 1 is 1.44 bits per heavy atom. The highest BCUT2D eigenvalue weighted by Gasteiger charge is 2.21. The molecule has 3 heteroatoms. The molecule has 2 N–H and O–H groups in total. The highest BCUT2D eigenvalue weighted by Crippen LogP contribution is 2.37. The minimum atomic E-state index is 0.146. The van der Waals surface area contributed by atoms with Gasteiger partial charge in [-0.3, -0.25) is 0 Å². The van der Waals surface area contributed by atoms with E-state index in [9.17, 15) is 0 Å². The number of rotatable bonds is 2. The summed E-state index contributed by atoms with van der Waals surface area (Å²) in [5.41, 5.74) is 8.79. The minimum Gasteiger partial charge on any atom is -0.494 e. The van der Waals surface area contributed by atoms with Crippen LogP contribution in [0.2, 0.25) is 0 Å². The standard InChI is InChI=1S/C13H18BrNO/c1-2-16-12-8-7-10(14)13-9(12)5-3-4-6-11(13)15/h7-8,11H,2-6,15H2,1H3/t11-/m0/s1. The molecule has 0 bridgehead atoms. The largest absolute Gasteiger partial charge is 0.494 e. The molecule has 2 rings (SSSR count). The van der Waals surface area contributed by atoms with Crippen molar-refractivity contribution in [2.24, 2.45) is 5.73 Å². The number of benzene rings is 1. The maximum absolute atomic E-state index is 6.23. The van der Waals surface area contributed by atoms with Crippen molar-refractivity contribution >= 4 is 15.9 Å². The lowest BCUT2D eigenvalue weighted by Crippen LogP contribution is -2.12. The number of hydrogen-bond donors (Lipinski definition) is 1. The molecule has 0 aliphatic heterocycles. The Hall–Kier alpha value is -0.540. The molecule has 1 aromatic rings. The molecule has 1 aliphatic rings. The molecule has 0 aromatic heterocycles. The maximum Gasteiger partial charge on any atom is 0.122 e. The van der Waals surface area contributed by atoms with E-state index >= 15 is 0 Å². The first-order valence-corrected chi connectivity index (χ1v) is 6.73. The summed E-state index contributed by atoms with van der Waals surface area (Å²) < 4.78 is 6.81. The molecule has 0 spiro atoms. The second-order valence-corrected chi connectivity index (χ2v) is 5.08. The van der Waals surface area contributed by atoms with Crippen LogP contribution in [0.25, 0.3) is 0 Å². The predicted octanol–water partition coefficient (Wildman–Crippen LogP) is 3.57. The van der Waals surface area contributed by atoms with E-state index in [0.29, 0.717) is 6.61 Å². The van der Waals surface area contributed by atoms with Gasteiger partial charge in [-0.1, -0.05) is 22.4 Å².